The number of rotatable bonds is 5. The first-order chi connectivity index (χ1) is 10.9. The molecule has 0 heterocycles. The Bertz CT molecular complexity index is 714. The van der Waals surface area contributed by atoms with Crippen LogP contribution in [0.1, 0.15) is 12.5 Å². The average Bonchev–Trinajstić information content (AvgIpc) is 2.49. The number of hydrogen-bond donors (Lipinski definition) is 2. The Morgan fingerprint density at radius 2 is 1.78 bits per heavy atom. The Kier molecular flexibility index (Phi) is 5.30. The van der Waals surface area contributed by atoms with Gasteiger partial charge in [0.05, 0.1) is 5.69 Å². The second-order valence-corrected chi connectivity index (χ2v) is 5.03. The minimum Gasteiger partial charge on any atom is -0.484 e. The first-order valence-corrected chi connectivity index (χ1v) is 7.00. The number of halogens is 1. The number of ether oxygens (including phenoxy) is 1. The summed E-state index contributed by atoms with van der Waals surface area (Å²) in [6.45, 7) is 2.94. The van der Waals surface area contributed by atoms with Crippen LogP contribution in [0, 0.1) is 12.7 Å². The predicted molar refractivity (Wildman–Crippen MR) is 86.0 cm³/mol. The molecule has 0 saturated heterocycles. The quantitative estimate of drug-likeness (QED) is 0.890. The zero-order valence-corrected chi connectivity index (χ0v) is 12.9. The summed E-state index contributed by atoms with van der Waals surface area (Å²) in [4.78, 5) is 22.7. The molecule has 2 N–H and O–H groups in total. The number of hydrogen-bond acceptors (Lipinski definition) is 3. The average molecular weight is 316 g/mol. The minimum atomic E-state index is -0.488. The van der Waals surface area contributed by atoms with Crippen molar-refractivity contribution in [1.82, 2.24) is 0 Å². The van der Waals surface area contributed by atoms with E-state index in [1.54, 1.807) is 37.3 Å². The Morgan fingerprint density at radius 3 is 2.39 bits per heavy atom. The van der Waals surface area contributed by atoms with Crippen molar-refractivity contribution in [1.29, 1.82) is 0 Å². The summed E-state index contributed by atoms with van der Waals surface area (Å²) < 4.78 is 18.9. The maximum absolute atomic E-state index is 13.6. The summed E-state index contributed by atoms with van der Waals surface area (Å²) in [6, 6.07) is 11.1. The third-order valence-electron chi connectivity index (χ3n) is 2.94. The smallest absolute Gasteiger partial charge is 0.262 e. The molecular weight excluding hydrogens is 299 g/mol. The van der Waals surface area contributed by atoms with Crippen molar-refractivity contribution < 1.29 is 18.7 Å². The summed E-state index contributed by atoms with van der Waals surface area (Å²) >= 11 is 0. The van der Waals surface area contributed by atoms with Gasteiger partial charge < -0.3 is 15.4 Å². The molecule has 0 atom stereocenters. The van der Waals surface area contributed by atoms with E-state index in [4.69, 9.17) is 4.74 Å². The van der Waals surface area contributed by atoms with Crippen LogP contribution in [-0.4, -0.2) is 18.4 Å². The van der Waals surface area contributed by atoms with Crippen LogP contribution in [0.3, 0.4) is 0 Å². The fraction of sp³-hybridized carbons (Fsp3) is 0.176. The van der Waals surface area contributed by atoms with Crippen LogP contribution in [0.15, 0.2) is 42.5 Å². The van der Waals surface area contributed by atoms with Gasteiger partial charge in [0.2, 0.25) is 5.91 Å². The fourth-order valence-electron chi connectivity index (χ4n) is 1.89. The standard InChI is InChI=1S/C17H17FN2O3/c1-11-3-8-16(15(18)9-11)20-17(22)10-23-14-6-4-13(5-7-14)19-12(2)21/h3-9H,10H2,1-2H3,(H,19,21)(H,20,22). The van der Waals surface area contributed by atoms with Crippen molar-refractivity contribution in [3.05, 3.63) is 53.8 Å². The highest BCUT2D eigenvalue weighted by Gasteiger charge is 2.08. The van der Waals surface area contributed by atoms with E-state index in [1.165, 1.54) is 19.1 Å². The highest BCUT2D eigenvalue weighted by atomic mass is 19.1. The molecule has 0 unspecified atom stereocenters. The lowest BCUT2D eigenvalue weighted by Gasteiger charge is -2.09. The number of carbonyl (C=O) groups is 2. The zero-order chi connectivity index (χ0) is 16.8. The maximum Gasteiger partial charge on any atom is 0.262 e. The number of amides is 2. The van der Waals surface area contributed by atoms with Gasteiger partial charge >= 0.3 is 0 Å². The van der Waals surface area contributed by atoms with Gasteiger partial charge in [0.25, 0.3) is 5.91 Å². The number of anilines is 2. The van der Waals surface area contributed by atoms with Crippen LogP contribution < -0.4 is 15.4 Å². The number of benzene rings is 2. The third kappa shape index (κ3) is 5.10. The SMILES string of the molecule is CC(=O)Nc1ccc(OCC(=O)Nc2ccc(C)cc2F)cc1. The van der Waals surface area contributed by atoms with Crippen molar-refractivity contribution >= 4 is 23.2 Å². The molecule has 6 heteroatoms. The highest BCUT2D eigenvalue weighted by Crippen LogP contribution is 2.17. The molecule has 5 nitrogen and oxygen atoms in total. The minimum absolute atomic E-state index is 0.116. The summed E-state index contributed by atoms with van der Waals surface area (Å²) in [6.07, 6.45) is 0. The van der Waals surface area contributed by atoms with Crippen LogP contribution in [0.4, 0.5) is 15.8 Å². The number of carbonyl (C=O) groups excluding carboxylic acids is 2. The van der Waals surface area contributed by atoms with E-state index >= 15 is 0 Å². The number of nitrogens with one attached hydrogen (secondary N) is 2. The third-order valence-corrected chi connectivity index (χ3v) is 2.94. The van der Waals surface area contributed by atoms with E-state index in [0.717, 1.165) is 5.56 Å². The molecule has 2 aromatic rings. The highest BCUT2D eigenvalue weighted by molar-refractivity contribution is 5.92. The van der Waals surface area contributed by atoms with Crippen LogP contribution in [0.5, 0.6) is 5.75 Å². The largest absolute Gasteiger partial charge is 0.484 e. The maximum atomic E-state index is 13.6. The summed E-state index contributed by atoms with van der Waals surface area (Å²) in [5.41, 5.74) is 1.53. The Hall–Kier alpha value is -2.89. The second-order valence-electron chi connectivity index (χ2n) is 5.03. The molecule has 0 aromatic heterocycles. The van der Waals surface area contributed by atoms with Gasteiger partial charge in [-0.3, -0.25) is 9.59 Å². The topological polar surface area (TPSA) is 67.4 Å². The van der Waals surface area contributed by atoms with E-state index < -0.39 is 11.7 Å². The van der Waals surface area contributed by atoms with Crippen molar-refractivity contribution in [2.75, 3.05) is 17.2 Å². The van der Waals surface area contributed by atoms with Gasteiger partial charge in [0.1, 0.15) is 11.6 Å². The fourth-order valence-corrected chi connectivity index (χ4v) is 1.89. The van der Waals surface area contributed by atoms with E-state index in [2.05, 4.69) is 10.6 Å². The molecule has 120 valence electrons. The first-order valence-electron chi connectivity index (χ1n) is 7.00. The van der Waals surface area contributed by atoms with Gasteiger partial charge in [0.15, 0.2) is 6.61 Å². The van der Waals surface area contributed by atoms with Gasteiger partial charge in [-0.1, -0.05) is 6.07 Å². The molecule has 0 aliphatic carbocycles. The molecule has 2 aromatic carbocycles. The first kappa shape index (κ1) is 16.5. The summed E-state index contributed by atoms with van der Waals surface area (Å²) in [5, 5.41) is 5.07. The Labute approximate surface area is 133 Å². The van der Waals surface area contributed by atoms with Crippen LogP contribution in [0.25, 0.3) is 0 Å². The van der Waals surface area contributed by atoms with Crippen molar-refractivity contribution in [3.8, 4) is 5.75 Å². The molecule has 2 amide bonds. The van der Waals surface area contributed by atoms with Crippen LogP contribution >= 0.6 is 0 Å². The number of aryl methyl sites for hydroxylation is 1. The van der Waals surface area contributed by atoms with Crippen molar-refractivity contribution in [2.24, 2.45) is 0 Å². The summed E-state index contributed by atoms with van der Waals surface area (Å²) in [7, 11) is 0. The lowest BCUT2D eigenvalue weighted by Crippen LogP contribution is -2.20. The Morgan fingerprint density at radius 1 is 1.09 bits per heavy atom. The Balaban J connectivity index is 1.87. The molecule has 0 aliphatic rings. The monoisotopic (exact) mass is 316 g/mol. The molecule has 0 fully saturated rings. The second kappa shape index (κ2) is 7.40. The van der Waals surface area contributed by atoms with Gasteiger partial charge in [-0.05, 0) is 48.9 Å². The van der Waals surface area contributed by atoms with Gasteiger partial charge in [-0.2, -0.15) is 0 Å². The lowest BCUT2D eigenvalue weighted by atomic mass is 10.2. The predicted octanol–water partition coefficient (Wildman–Crippen LogP) is 3.11. The van der Waals surface area contributed by atoms with Crippen molar-refractivity contribution in [2.45, 2.75) is 13.8 Å². The van der Waals surface area contributed by atoms with Gasteiger partial charge in [-0.15, -0.1) is 0 Å². The van der Waals surface area contributed by atoms with E-state index in [-0.39, 0.29) is 18.2 Å². The van der Waals surface area contributed by atoms with E-state index in [1.807, 2.05) is 0 Å². The van der Waals surface area contributed by atoms with Gasteiger partial charge in [-0.25, -0.2) is 4.39 Å². The summed E-state index contributed by atoms with van der Waals surface area (Å²) in [5.74, 6) is -0.645. The molecule has 0 aliphatic heterocycles. The molecule has 0 radical (unpaired) electrons. The van der Waals surface area contributed by atoms with E-state index in [0.29, 0.717) is 11.4 Å². The molecular formula is C17H17FN2O3. The molecule has 23 heavy (non-hydrogen) atoms. The zero-order valence-electron chi connectivity index (χ0n) is 12.9. The molecule has 0 bridgehead atoms. The molecule has 0 saturated carbocycles. The molecule has 0 spiro atoms. The van der Waals surface area contributed by atoms with E-state index in [9.17, 15) is 14.0 Å². The molecule has 2 rings (SSSR count). The normalized spacial score (nSPS) is 10.0. The van der Waals surface area contributed by atoms with Crippen LogP contribution in [0.2, 0.25) is 0 Å². The van der Waals surface area contributed by atoms with Gasteiger partial charge in [0, 0.05) is 12.6 Å². The lowest BCUT2D eigenvalue weighted by molar-refractivity contribution is -0.118. The van der Waals surface area contributed by atoms with Crippen molar-refractivity contribution in [3.63, 3.8) is 0 Å². The van der Waals surface area contributed by atoms with Crippen LogP contribution in [-0.2, 0) is 9.59 Å².